The first-order valence-corrected chi connectivity index (χ1v) is 10.3. The summed E-state index contributed by atoms with van der Waals surface area (Å²) in [6.07, 6.45) is 3.64. The molecular weight excluding hydrogens is 423 g/mol. The van der Waals surface area contributed by atoms with Gasteiger partial charge in [0.2, 0.25) is 11.2 Å². The fourth-order valence-electron chi connectivity index (χ4n) is 3.44. The smallest absolute Gasteiger partial charge is 0.235 e. The summed E-state index contributed by atoms with van der Waals surface area (Å²) in [6, 6.07) is 20.6. The highest BCUT2D eigenvalue weighted by Gasteiger charge is 2.16. The van der Waals surface area contributed by atoms with Crippen LogP contribution >= 0.6 is 0 Å². The monoisotopic (exact) mass is 442 g/mol. The fraction of sp³-hybridized carbons (Fsp3) is 0.0769. The van der Waals surface area contributed by atoms with E-state index in [-0.39, 0.29) is 22.7 Å². The summed E-state index contributed by atoms with van der Waals surface area (Å²) in [4.78, 5) is 12.9. The Balaban J connectivity index is 1.36. The van der Waals surface area contributed by atoms with Gasteiger partial charge in [-0.15, -0.1) is 0 Å². The molecular formula is C26H19FN2O4. The molecule has 0 radical (unpaired) electrons. The van der Waals surface area contributed by atoms with Crippen molar-refractivity contribution in [1.29, 1.82) is 0 Å². The Hall–Kier alpha value is -4.39. The maximum absolute atomic E-state index is 13.9. The summed E-state index contributed by atoms with van der Waals surface area (Å²) in [5.74, 6) is 0.144. The molecule has 0 amide bonds. The first-order chi connectivity index (χ1) is 16.1. The van der Waals surface area contributed by atoms with Crippen molar-refractivity contribution >= 4 is 11.0 Å². The fourth-order valence-corrected chi connectivity index (χ4v) is 3.44. The van der Waals surface area contributed by atoms with E-state index in [1.54, 1.807) is 48.1 Å². The number of aromatic nitrogens is 2. The second-order valence-corrected chi connectivity index (χ2v) is 7.42. The van der Waals surface area contributed by atoms with E-state index in [0.29, 0.717) is 23.3 Å². The molecule has 0 saturated heterocycles. The van der Waals surface area contributed by atoms with Crippen LogP contribution in [0.15, 0.2) is 94.4 Å². The number of benzene rings is 3. The molecule has 2 heterocycles. The minimum absolute atomic E-state index is 0.0387. The van der Waals surface area contributed by atoms with Gasteiger partial charge in [0.05, 0.1) is 17.3 Å². The maximum Gasteiger partial charge on any atom is 0.235 e. The van der Waals surface area contributed by atoms with Gasteiger partial charge in [-0.05, 0) is 43.3 Å². The van der Waals surface area contributed by atoms with Gasteiger partial charge in [0.15, 0.2) is 11.6 Å². The van der Waals surface area contributed by atoms with Crippen LogP contribution in [0.3, 0.4) is 0 Å². The minimum atomic E-state index is -0.560. The van der Waals surface area contributed by atoms with Gasteiger partial charge in [-0.3, -0.25) is 4.79 Å². The molecule has 2 aromatic heterocycles. The lowest BCUT2D eigenvalue weighted by Crippen LogP contribution is -2.08. The zero-order valence-corrected chi connectivity index (χ0v) is 17.7. The number of ether oxygens (including phenoxy) is 2. The van der Waals surface area contributed by atoms with Crippen LogP contribution in [0.2, 0.25) is 0 Å². The van der Waals surface area contributed by atoms with Crippen LogP contribution in [0.5, 0.6) is 17.2 Å². The van der Waals surface area contributed by atoms with E-state index in [4.69, 9.17) is 13.9 Å². The van der Waals surface area contributed by atoms with Crippen LogP contribution < -0.4 is 14.9 Å². The molecule has 33 heavy (non-hydrogen) atoms. The molecule has 0 fully saturated rings. The van der Waals surface area contributed by atoms with E-state index in [2.05, 4.69) is 5.10 Å². The normalized spacial score (nSPS) is 11.0. The molecule has 0 aliphatic heterocycles. The number of hydrogen-bond donors (Lipinski definition) is 0. The first kappa shape index (κ1) is 20.5. The number of fused-ring (bicyclic) bond motifs is 1. The van der Waals surface area contributed by atoms with Crippen molar-refractivity contribution in [3.05, 3.63) is 113 Å². The van der Waals surface area contributed by atoms with Crippen LogP contribution in [-0.2, 0) is 6.61 Å². The summed E-state index contributed by atoms with van der Waals surface area (Å²) in [6.45, 7) is 1.90. The van der Waals surface area contributed by atoms with Crippen molar-refractivity contribution in [2.45, 2.75) is 13.5 Å². The van der Waals surface area contributed by atoms with Gasteiger partial charge < -0.3 is 13.9 Å². The Morgan fingerprint density at radius 2 is 1.82 bits per heavy atom. The van der Waals surface area contributed by atoms with Gasteiger partial charge in [-0.2, -0.15) is 5.10 Å². The Bertz CT molecular complexity index is 1490. The zero-order valence-electron chi connectivity index (χ0n) is 17.7. The van der Waals surface area contributed by atoms with E-state index >= 15 is 0 Å². The number of rotatable bonds is 6. The Morgan fingerprint density at radius 1 is 1.03 bits per heavy atom. The number of aryl methyl sites for hydroxylation is 1. The molecule has 0 aliphatic carbocycles. The molecule has 5 aromatic rings. The summed E-state index contributed by atoms with van der Waals surface area (Å²) in [5.41, 5.74) is 1.83. The van der Waals surface area contributed by atoms with E-state index in [1.807, 2.05) is 36.5 Å². The lowest BCUT2D eigenvalue weighted by molar-refractivity contribution is 0.306. The van der Waals surface area contributed by atoms with Crippen molar-refractivity contribution in [1.82, 2.24) is 9.78 Å². The third-order valence-electron chi connectivity index (χ3n) is 5.10. The SMILES string of the molecule is Cc1oc2cc(OCc3cnn(-c4ccccc4)c3)ccc2c(=O)c1Oc1ccccc1F. The molecule has 3 aromatic carbocycles. The van der Waals surface area contributed by atoms with Crippen LogP contribution in [0, 0.1) is 12.7 Å². The second-order valence-electron chi connectivity index (χ2n) is 7.42. The average Bonchev–Trinajstić information content (AvgIpc) is 3.31. The maximum atomic E-state index is 13.9. The molecule has 0 atom stereocenters. The lowest BCUT2D eigenvalue weighted by Gasteiger charge is -2.10. The van der Waals surface area contributed by atoms with Crippen LogP contribution in [-0.4, -0.2) is 9.78 Å². The van der Waals surface area contributed by atoms with Crippen LogP contribution in [0.25, 0.3) is 16.7 Å². The van der Waals surface area contributed by atoms with Gasteiger partial charge in [-0.1, -0.05) is 30.3 Å². The number of hydrogen-bond acceptors (Lipinski definition) is 5. The van der Waals surface area contributed by atoms with Gasteiger partial charge >= 0.3 is 0 Å². The highest BCUT2D eigenvalue weighted by atomic mass is 19.1. The van der Waals surface area contributed by atoms with E-state index in [1.165, 1.54) is 12.1 Å². The van der Waals surface area contributed by atoms with Gasteiger partial charge in [-0.25, -0.2) is 9.07 Å². The minimum Gasteiger partial charge on any atom is -0.489 e. The third-order valence-corrected chi connectivity index (χ3v) is 5.10. The van der Waals surface area contributed by atoms with Crippen LogP contribution in [0.4, 0.5) is 4.39 Å². The molecule has 0 aliphatic rings. The Labute approximate surface area is 188 Å². The van der Waals surface area contributed by atoms with E-state index in [9.17, 15) is 9.18 Å². The topological polar surface area (TPSA) is 66.5 Å². The largest absolute Gasteiger partial charge is 0.489 e. The predicted molar refractivity (Wildman–Crippen MR) is 122 cm³/mol. The third kappa shape index (κ3) is 4.21. The van der Waals surface area contributed by atoms with Crippen molar-refractivity contribution in [2.75, 3.05) is 0 Å². The number of nitrogens with zero attached hydrogens (tertiary/aromatic N) is 2. The van der Waals surface area contributed by atoms with E-state index in [0.717, 1.165) is 11.3 Å². The Kier molecular flexibility index (Phi) is 5.36. The molecule has 164 valence electrons. The van der Waals surface area contributed by atoms with Crippen LogP contribution in [0.1, 0.15) is 11.3 Å². The molecule has 0 bridgehead atoms. The van der Waals surface area contributed by atoms with Crippen molar-refractivity contribution in [3.8, 4) is 22.9 Å². The van der Waals surface area contributed by atoms with Crippen molar-refractivity contribution in [3.63, 3.8) is 0 Å². The summed E-state index contributed by atoms with van der Waals surface area (Å²) in [5, 5.41) is 4.67. The Morgan fingerprint density at radius 3 is 2.64 bits per heavy atom. The van der Waals surface area contributed by atoms with Gasteiger partial charge in [0.25, 0.3) is 0 Å². The summed E-state index contributed by atoms with van der Waals surface area (Å²) < 4.78 is 32.9. The highest BCUT2D eigenvalue weighted by molar-refractivity contribution is 5.79. The highest BCUT2D eigenvalue weighted by Crippen LogP contribution is 2.28. The second kappa shape index (κ2) is 8.63. The standard InChI is InChI=1S/C26H19FN2O4/c1-17-26(33-23-10-6-5-9-22(23)27)25(30)21-12-11-20(13-24(21)32-17)31-16-18-14-28-29(15-18)19-7-3-2-4-8-19/h2-15H,16H2,1H3. The lowest BCUT2D eigenvalue weighted by atomic mass is 10.2. The molecule has 0 saturated carbocycles. The number of halogens is 1. The van der Waals surface area contributed by atoms with E-state index < -0.39 is 5.82 Å². The number of para-hydroxylation sites is 2. The van der Waals surface area contributed by atoms with Gasteiger partial charge in [0, 0.05) is 17.8 Å². The zero-order chi connectivity index (χ0) is 22.8. The van der Waals surface area contributed by atoms with Crippen molar-refractivity contribution in [2.24, 2.45) is 0 Å². The molecule has 7 heteroatoms. The molecule has 5 rings (SSSR count). The molecule has 0 unspecified atom stereocenters. The average molecular weight is 442 g/mol. The molecule has 0 spiro atoms. The quantitative estimate of drug-likeness (QED) is 0.333. The predicted octanol–water partition coefficient (Wildman–Crippen LogP) is 5.80. The summed E-state index contributed by atoms with van der Waals surface area (Å²) in [7, 11) is 0. The first-order valence-electron chi connectivity index (χ1n) is 10.3. The molecule has 6 nitrogen and oxygen atoms in total. The van der Waals surface area contributed by atoms with Crippen molar-refractivity contribution < 1.29 is 18.3 Å². The summed E-state index contributed by atoms with van der Waals surface area (Å²) >= 11 is 0. The van der Waals surface area contributed by atoms with Gasteiger partial charge in [0.1, 0.15) is 23.7 Å². The molecule has 0 N–H and O–H groups in total.